The molecule has 2 unspecified atom stereocenters. The van der Waals surface area contributed by atoms with Crippen LogP contribution in [0, 0.1) is 17.2 Å². The Morgan fingerprint density at radius 2 is 2.12 bits per heavy atom. The number of carbonyl (C=O) groups is 1. The smallest absolute Gasteiger partial charge is 0.309 e. The van der Waals surface area contributed by atoms with E-state index in [0.717, 1.165) is 24.8 Å². The summed E-state index contributed by atoms with van der Waals surface area (Å²) in [6.07, 6.45) is 2.92. The first-order chi connectivity index (χ1) is 8.02. The fourth-order valence-corrected chi connectivity index (χ4v) is 2.82. The van der Waals surface area contributed by atoms with Gasteiger partial charge in [-0.05, 0) is 49.3 Å². The predicted molar refractivity (Wildman–Crippen MR) is 63.2 cm³/mol. The zero-order valence-corrected chi connectivity index (χ0v) is 9.95. The molecule has 3 heteroatoms. The van der Waals surface area contributed by atoms with Crippen molar-refractivity contribution >= 4 is 5.97 Å². The maximum atomic E-state index is 12.8. The fraction of sp³-hybridized carbons (Fsp3) is 0.500. The second kappa shape index (κ2) is 4.47. The normalized spacial score (nSPS) is 28.2. The van der Waals surface area contributed by atoms with Crippen molar-refractivity contribution in [3.63, 3.8) is 0 Å². The Labute approximate surface area is 100 Å². The molecule has 0 bridgehead atoms. The molecule has 2 atom stereocenters. The molecule has 1 fully saturated rings. The summed E-state index contributed by atoms with van der Waals surface area (Å²) in [7, 11) is 0. The summed E-state index contributed by atoms with van der Waals surface area (Å²) in [5, 5.41) is 9.42. The van der Waals surface area contributed by atoms with Gasteiger partial charge in [-0.3, -0.25) is 4.79 Å². The Balaban J connectivity index is 2.19. The third-order valence-corrected chi connectivity index (χ3v) is 3.76. The molecule has 0 aliphatic heterocycles. The quantitative estimate of drug-likeness (QED) is 0.874. The largest absolute Gasteiger partial charge is 0.481 e. The Bertz CT molecular complexity index is 413. The Kier molecular flexibility index (Phi) is 3.18. The van der Waals surface area contributed by atoms with Crippen molar-refractivity contribution in [2.45, 2.75) is 32.6 Å². The summed E-state index contributed by atoms with van der Waals surface area (Å²) >= 11 is 0. The third-order valence-electron chi connectivity index (χ3n) is 3.76. The molecule has 1 aliphatic carbocycles. The van der Waals surface area contributed by atoms with Gasteiger partial charge in [-0.15, -0.1) is 0 Å². The number of benzene rings is 1. The van der Waals surface area contributed by atoms with Gasteiger partial charge in [-0.2, -0.15) is 0 Å². The average molecular weight is 236 g/mol. The molecule has 1 aliphatic rings. The summed E-state index contributed by atoms with van der Waals surface area (Å²) < 4.78 is 12.8. The lowest BCUT2D eigenvalue weighted by atomic mass is 9.79. The highest BCUT2D eigenvalue weighted by atomic mass is 19.1. The van der Waals surface area contributed by atoms with E-state index < -0.39 is 11.4 Å². The van der Waals surface area contributed by atoms with Gasteiger partial charge >= 0.3 is 5.97 Å². The van der Waals surface area contributed by atoms with Crippen molar-refractivity contribution in [1.82, 2.24) is 0 Å². The van der Waals surface area contributed by atoms with Gasteiger partial charge in [-0.1, -0.05) is 19.1 Å². The zero-order valence-electron chi connectivity index (χ0n) is 9.95. The molecule has 1 N–H and O–H groups in total. The summed E-state index contributed by atoms with van der Waals surface area (Å²) in [6.45, 7) is 2.09. The number of hydrogen-bond acceptors (Lipinski definition) is 1. The molecule has 2 rings (SSSR count). The fourth-order valence-electron chi connectivity index (χ4n) is 2.82. The standard InChI is InChI=1S/C14H17FO2/c1-10-6-7-14(8-10,13(16)17)9-11-2-4-12(15)5-3-11/h2-5,10H,6-9H2,1H3,(H,16,17). The molecule has 1 aromatic rings. The van der Waals surface area contributed by atoms with Crippen LogP contribution in [0.2, 0.25) is 0 Å². The van der Waals surface area contributed by atoms with E-state index in [2.05, 4.69) is 6.92 Å². The van der Waals surface area contributed by atoms with E-state index in [1.165, 1.54) is 12.1 Å². The molecule has 0 aromatic heterocycles. The van der Waals surface area contributed by atoms with Crippen LogP contribution in [0.3, 0.4) is 0 Å². The first-order valence-electron chi connectivity index (χ1n) is 6.00. The van der Waals surface area contributed by atoms with Gasteiger partial charge in [0.1, 0.15) is 5.82 Å². The van der Waals surface area contributed by atoms with Gasteiger partial charge in [0.25, 0.3) is 0 Å². The minimum absolute atomic E-state index is 0.280. The van der Waals surface area contributed by atoms with E-state index >= 15 is 0 Å². The lowest BCUT2D eigenvalue weighted by molar-refractivity contribution is -0.148. The monoisotopic (exact) mass is 236 g/mol. The number of rotatable bonds is 3. The van der Waals surface area contributed by atoms with Crippen LogP contribution in [0.25, 0.3) is 0 Å². The SMILES string of the molecule is CC1CCC(Cc2ccc(F)cc2)(C(=O)O)C1. The van der Waals surface area contributed by atoms with Gasteiger partial charge in [0.2, 0.25) is 0 Å². The minimum atomic E-state index is -0.717. The summed E-state index contributed by atoms with van der Waals surface area (Å²) in [6, 6.07) is 6.15. The molecule has 17 heavy (non-hydrogen) atoms. The van der Waals surface area contributed by atoms with Crippen molar-refractivity contribution in [2.24, 2.45) is 11.3 Å². The van der Waals surface area contributed by atoms with E-state index in [-0.39, 0.29) is 5.82 Å². The summed E-state index contributed by atoms with van der Waals surface area (Å²) in [5.74, 6) is -0.532. The molecule has 92 valence electrons. The van der Waals surface area contributed by atoms with E-state index in [1.54, 1.807) is 12.1 Å². The van der Waals surface area contributed by atoms with Crippen molar-refractivity contribution in [3.8, 4) is 0 Å². The maximum Gasteiger partial charge on any atom is 0.309 e. The van der Waals surface area contributed by atoms with Gasteiger partial charge in [0.05, 0.1) is 5.41 Å². The lowest BCUT2D eigenvalue weighted by Gasteiger charge is -2.24. The number of aliphatic carboxylic acids is 1. The molecular formula is C14H17FO2. The molecule has 0 saturated heterocycles. The molecule has 1 aromatic carbocycles. The van der Waals surface area contributed by atoms with Crippen LogP contribution >= 0.6 is 0 Å². The lowest BCUT2D eigenvalue weighted by Crippen LogP contribution is -2.30. The predicted octanol–water partition coefficient (Wildman–Crippen LogP) is 3.26. The highest BCUT2D eigenvalue weighted by molar-refractivity contribution is 5.75. The van der Waals surface area contributed by atoms with Crippen LogP contribution < -0.4 is 0 Å². The summed E-state index contributed by atoms with van der Waals surface area (Å²) in [5.41, 5.74) is 0.264. The first-order valence-corrected chi connectivity index (χ1v) is 6.00. The molecule has 0 heterocycles. The molecule has 0 radical (unpaired) electrons. The minimum Gasteiger partial charge on any atom is -0.481 e. The van der Waals surface area contributed by atoms with Crippen molar-refractivity contribution in [2.75, 3.05) is 0 Å². The van der Waals surface area contributed by atoms with Crippen LogP contribution in [0.4, 0.5) is 4.39 Å². The molecule has 0 amide bonds. The van der Waals surface area contributed by atoms with Crippen LogP contribution in [-0.4, -0.2) is 11.1 Å². The molecular weight excluding hydrogens is 219 g/mol. The van der Waals surface area contributed by atoms with Crippen molar-refractivity contribution < 1.29 is 14.3 Å². The van der Waals surface area contributed by atoms with Crippen LogP contribution in [0.15, 0.2) is 24.3 Å². The van der Waals surface area contributed by atoms with Gasteiger partial charge in [0.15, 0.2) is 0 Å². The second-order valence-corrected chi connectivity index (χ2v) is 5.24. The van der Waals surface area contributed by atoms with Crippen molar-refractivity contribution in [3.05, 3.63) is 35.6 Å². The van der Waals surface area contributed by atoms with Gasteiger partial charge in [-0.25, -0.2) is 4.39 Å². The first kappa shape index (κ1) is 12.1. The number of carboxylic acids is 1. The number of hydrogen-bond donors (Lipinski definition) is 1. The Morgan fingerprint density at radius 1 is 1.47 bits per heavy atom. The Hall–Kier alpha value is -1.38. The van der Waals surface area contributed by atoms with Gasteiger partial charge in [0, 0.05) is 0 Å². The molecule has 0 spiro atoms. The zero-order chi connectivity index (χ0) is 12.5. The third kappa shape index (κ3) is 2.48. The Morgan fingerprint density at radius 3 is 2.59 bits per heavy atom. The second-order valence-electron chi connectivity index (χ2n) is 5.24. The molecule has 2 nitrogen and oxygen atoms in total. The number of carboxylic acid groups (broad SMARTS) is 1. The maximum absolute atomic E-state index is 12.8. The van der Waals surface area contributed by atoms with E-state index in [1.807, 2.05) is 0 Å². The van der Waals surface area contributed by atoms with E-state index in [0.29, 0.717) is 12.3 Å². The van der Waals surface area contributed by atoms with Crippen LogP contribution in [0.5, 0.6) is 0 Å². The number of halogens is 1. The topological polar surface area (TPSA) is 37.3 Å². The van der Waals surface area contributed by atoms with Crippen LogP contribution in [-0.2, 0) is 11.2 Å². The van der Waals surface area contributed by atoms with Gasteiger partial charge < -0.3 is 5.11 Å². The molecule has 1 saturated carbocycles. The summed E-state index contributed by atoms with van der Waals surface area (Å²) in [4.78, 5) is 11.5. The highest BCUT2D eigenvalue weighted by Gasteiger charge is 2.43. The van der Waals surface area contributed by atoms with Crippen LogP contribution in [0.1, 0.15) is 31.7 Å². The highest BCUT2D eigenvalue weighted by Crippen LogP contribution is 2.44. The van der Waals surface area contributed by atoms with E-state index in [9.17, 15) is 14.3 Å². The average Bonchev–Trinajstić information content (AvgIpc) is 2.65. The van der Waals surface area contributed by atoms with E-state index in [4.69, 9.17) is 0 Å². The van der Waals surface area contributed by atoms with Crippen molar-refractivity contribution in [1.29, 1.82) is 0 Å².